The summed E-state index contributed by atoms with van der Waals surface area (Å²) in [6.07, 6.45) is 4.60. The van der Waals surface area contributed by atoms with Crippen molar-refractivity contribution in [1.29, 1.82) is 0 Å². The normalized spacial score (nSPS) is 14.4. The van der Waals surface area contributed by atoms with E-state index >= 15 is 0 Å². The molecule has 1 aromatic heterocycles. The summed E-state index contributed by atoms with van der Waals surface area (Å²) in [6.45, 7) is 9.36. The molecule has 0 spiro atoms. The molecule has 1 atom stereocenters. The van der Waals surface area contributed by atoms with Crippen LogP contribution in [-0.4, -0.2) is 9.55 Å². The van der Waals surface area contributed by atoms with E-state index in [2.05, 4.69) is 55.4 Å². The second-order valence-electron chi connectivity index (χ2n) is 5.54. The predicted molar refractivity (Wildman–Crippen MR) is 79.1 cm³/mol. The zero-order valence-electron chi connectivity index (χ0n) is 12.3. The van der Waals surface area contributed by atoms with Crippen LogP contribution in [0, 0.1) is 13.8 Å². The Morgan fingerprint density at radius 1 is 1.32 bits per heavy atom. The van der Waals surface area contributed by atoms with Gasteiger partial charge in [0.25, 0.3) is 0 Å². The monoisotopic (exact) mass is 257 g/mol. The highest BCUT2D eigenvalue weighted by Crippen LogP contribution is 2.26. The minimum absolute atomic E-state index is 0.394. The van der Waals surface area contributed by atoms with Gasteiger partial charge in [0.1, 0.15) is 5.82 Å². The van der Waals surface area contributed by atoms with E-state index in [1.54, 1.807) is 0 Å². The number of aryl methyl sites for hydroxylation is 3. The first-order valence-corrected chi connectivity index (χ1v) is 6.80. The molecule has 0 fully saturated rings. The molecule has 2 N–H and O–H groups in total. The van der Waals surface area contributed by atoms with Crippen LogP contribution in [0.25, 0.3) is 0 Å². The van der Waals surface area contributed by atoms with Gasteiger partial charge < -0.3 is 10.3 Å². The Morgan fingerprint density at radius 2 is 2.05 bits per heavy atom. The molecule has 0 saturated carbocycles. The molecule has 102 valence electrons. The highest BCUT2D eigenvalue weighted by Gasteiger charge is 2.25. The lowest BCUT2D eigenvalue weighted by atomic mass is 9.85. The number of imidazole rings is 1. The van der Waals surface area contributed by atoms with E-state index in [-0.39, 0.29) is 0 Å². The molecule has 1 heterocycles. The smallest absolute Gasteiger partial charge is 0.110 e. The molecule has 1 unspecified atom stereocenters. The van der Waals surface area contributed by atoms with Crippen LogP contribution < -0.4 is 5.73 Å². The van der Waals surface area contributed by atoms with Crippen molar-refractivity contribution in [3.8, 4) is 0 Å². The standard InChI is InChI=1S/C16H23N3/c1-5-19-9-8-18-15(19)11-16(4,17)14-10-12(2)6-7-13(14)3/h6-10H,5,11,17H2,1-4H3. The maximum atomic E-state index is 6.57. The number of rotatable bonds is 4. The van der Waals surface area contributed by atoms with Gasteiger partial charge in [0.05, 0.1) is 0 Å². The number of aromatic nitrogens is 2. The fraction of sp³-hybridized carbons (Fsp3) is 0.438. The van der Waals surface area contributed by atoms with Gasteiger partial charge in [-0.15, -0.1) is 0 Å². The molecule has 0 aliphatic heterocycles. The molecule has 0 radical (unpaired) electrons. The van der Waals surface area contributed by atoms with Crippen LogP contribution in [0.5, 0.6) is 0 Å². The predicted octanol–water partition coefficient (Wildman–Crippen LogP) is 2.94. The molecule has 0 saturated heterocycles. The maximum Gasteiger partial charge on any atom is 0.110 e. The van der Waals surface area contributed by atoms with Gasteiger partial charge in [-0.05, 0) is 38.8 Å². The Hall–Kier alpha value is -1.61. The molecule has 2 aromatic rings. The summed E-state index contributed by atoms with van der Waals surface area (Å²) >= 11 is 0. The van der Waals surface area contributed by atoms with E-state index in [0.717, 1.165) is 18.8 Å². The summed E-state index contributed by atoms with van der Waals surface area (Å²) in [6, 6.07) is 6.46. The maximum absolute atomic E-state index is 6.57. The van der Waals surface area contributed by atoms with Crippen LogP contribution in [0.1, 0.15) is 36.4 Å². The molecule has 3 heteroatoms. The summed E-state index contributed by atoms with van der Waals surface area (Å²) in [4.78, 5) is 4.43. The van der Waals surface area contributed by atoms with Gasteiger partial charge in [0.15, 0.2) is 0 Å². The number of nitrogens with zero attached hydrogens (tertiary/aromatic N) is 2. The largest absolute Gasteiger partial charge is 0.335 e. The van der Waals surface area contributed by atoms with Crippen LogP contribution in [0.15, 0.2) is 30.6 Å². The highest BCUT2D eigenvalue weighted by molar-refractivity contribution is 5.36. The lowest BCUT2D eigenvalue weighted by Crippen LogP contribution is -2.37. The average molecular weight is 257 g/mol. The number of hydrogen-bond donors (Lipinski definition) is 1. The number of hydrogen-bond acceptors (Lipinski definition) is 2. The molecule has 0 bridgehead atoms. The Kier molecular flexibility index (Phi) is 3.76. The Bertz CT molecular complexity index is 567. The van der Waals surface area contributed by atoms with Crippen molar-refractivity contribution < 1.29 is 0 Å². The lowest BCUT2D eigenvalue weighted by molar-refractivity contribution is 0.463. The second-order valence-corrected chi connectivity index (χ2v) is 5.54. The third-order valence-corrected chi connectivity index (χ3v) is 3.68. The molecule has 1 aromatic carbocycles. The first kappa shape index (κ1) is 13.8. The minimum Gasteiger partial charge on any atom is -0.335 e. The fourth-order valence-corrected chi connectivity index (χ4v) is 2.57. The van der Waals surface area contributed by atoms with Gasteiger partial charge in [-0.2, -0.15) is 0 Å². The summed E-state index contributed by atoms with van der Waals surface area (Å²) in [5.41, 5.74) is 9.87. The second kappa shape index (κ2) is 5.17. The van der Waals surface area contributed by atoms with Crippen LogP contribution in [0.3, 0.4) is 0 Å². The van der Waals surface area contributed by atoms with E-state index in [1.807, 2.05) is 12.4 Å². The van der Waals surface area contributed by atoms with Gasteiger partial charge in [0, 0.05) is 30.9 Å². The molecular weight excluding hydrogens is 234 g/mol. The Morgan fingerprint density at radius 3 is 2.74 bits per heavy atom. The molecule has 0 aliphatic carbocycles. The highest BCUT2D eigenvalue weighted by atomic mass is 15.1. The van der Waals surface area contributed by atoms with E-state index in [4.69, 9.17) is 5.73 Å². The van der Waals surface area contributed by atoms with Crippen LogP contribution in [-0.2, 0) is 18.5 Å². The molecule has 3 nitrogen and oxygen atoms in total. The van der Waals surface area contributed by atoms with Gasteiger partial charge in [-0.25, -0.2) is 4.98 Å². The average Bonchev–Trinajstić information content (AvgIpc) is 2.78. The molecule has 2 rings (SSSR count). The lowest BCUT2D eigenvalue weighted by Gasteiger charge is -2.27. The topological polar surface area (TPSA) is 43.8 Å². The minimum atomic E-state index is -0.394. The number of benzene rings is 1. The van der Waals surface area contributed by atoms with Crippen molar-refractivity contribution >= 4 is 0 Å². The Labute approximate surface area is 115 Å². The molecule has 19 heavy (non-hydrogen) atoms. The van der Waals surface area contributed by atoms with Crippen LogP contribution in [0.2, 0.25) is 0 Å². The summed E-state index contributed by atoms with van der Waals surface area (Å²) < 4.78 is 2.15. The summed E-state index contributed by atoms with van der Waals surface area (Å²) in [5.74, 6) is 1.05. The number of nitrogens with two attached hydrogens (primary N) is 1. The van der Waals surface area contributed by atoms with E-state index in [1.165, 1.54) is 16.7 Å². The quantitative estimate of drug-likeness (QED) is 0.915. The van der Waals surface area contributed by atoms with Crippen molar-refractivity contribution in [3.63, 3.8) is 0 Å². The van der Waals surface area contributed by atoms with E-state index < -0.39 is 5.54 Å². The van der Waals surface area contributed by atoms with Gasteiger partial charge in [-0.1, -0.05) is 23.8 Å². The first-order valence-electron chi connectivity index (χ1n) is 6.80. The van der Waals surface area contributed by atoms with Gasteiger partial charge in [-0.3, -0.25) is 0 Å². The third-order valence-electron chi connectivity index (χ3n) is 3.68. The third kappa shape index (κ3) is 2.87. The van der Waals surface area contributed by atoms with E-state index in [9.17, 15) is 0 Å². The molecule has 0 aliphatic rings. The zero-order chi connectivity index (χ0) is 14.0. The fourth-order valence-electron chi connectivity index (χ4n) is 2.57. The van der Waals surface area contributed by atoms with Crippen LogP contribution >= 0.6 is 0 Å². The van der Waals surface area contributed by atoms with Crippen molar-refractivity contribution in [2.75, 3.05) is 0 Å². The summed E-state index contributed by atoms with van der Waals surface area (Å²) in [5, 5.41) is 0. The van der Waals surface area contributed by atoms with Gasteiger partial charge in [0.2, 0.25) is 0 Å². The van der Waals surface area contributed by atoms with Crippen molar-refractivity contribution in [3.05, 3.63) is 53.1 Å². The van der Waals surface area contributed by atoms with Crippen molar-refractivity contribution in [2.45, 2.75) is 46.2 Å². The SMILES string of the molecule is CCn1ccnc1CC(C)(N)c1cc(C)ccc1C. The van der Waals surface area contributed by atoms with Gasteiger partial charge >= 0.3 is 0 Å². The first-order chi connectivity index (χ1) is 8.94. The Balaban J connectivity index is 2.34. The van der Waals surface area contributed by atoms with E-state index in [0.29, 0.717) is 0 Å². The molecular formula is C16H23N3. The zero-order valence-corrected chi connectivity index (χ0v) is 12.3. The summed E-state index contributed by atoms with van der Waals surface area (Å²) in [7, 11) is 0. The van der Waals surface area contributed by atoms with Crippen LogP contribution in [0.4, 0.5) is 0 Å². The van der Waals surface area contributed by atoms with Crippen molar-refractivity contribution in [1.82, 2.24) is 9.55 Å². The van der Waals surface area contributed by atoms with Crippen molar-refractivity contribution in [2.24, 2.45) is 5.73 Å². The molecule has 0 amide bonds.